The van der Waals surface area contributed by atoms with Gasteiger partial charge in [-0.2, -0.15) is 0 Å². The number of aliphatic hydroxyl groups excluding tert-OH is 2. The minimum Gasteiger partial charge on any atom is -0.392 e. The number of epoxide rings is 1. The average molecular weight is 320 g/mol. The Balaban J connectivity index is 2.15. The van der Waals surface area contributed by atoms with Crippen molar-refractivity contribution in [3.8, 4) is 0 Å². The van der Waals surface area contributed by atoms with Crippen LogP contribution < -0.4 is 0 Å². The fourth-order valence-electron chi connectivity index (χ4n) is 3.32. The second-order valence-electron chi connectivity index (χ2n) is 7.52. The number of hydrogen-bond donors (Lipinski definition) is 2. The Kier molecular flexibility index (Phi) is 6.24. The number of ether oxygens (including phenoxy) is 1. The molecule has 2 rings (SSSR count). The molecule has 130 valence electrons. The minimum atomic E-state index is -0.579. The third kappa shape index (κ3) is 5.03. The molecule has 0 aromatic carbocycles. The first-order chi connectivity index (χ1) is 10.9. The summed E-state index contributed by atoms with van der Waals surface area (Å²) in [6.07, 6.45) is 9.18. The van der Waals surface area contributed by atoms with Crippen LogP contribution in [0.4, 0.5) is 0 Å². The highest BCUT2D eigenvalue weighted by Gasteiger charge is 2.50. The molecule has 0 aromatic rings. The Hall–Kier alpha value is -0.900. The second kappa shape index (κ2) is 7.78. The van der Waals surface area contributed by atoms with Crippen LogP contribution in [0.25, 0.3) is 0 Å². The molecule has 23 heavy (non-hydrogen) atoms. The van der Waals surface area contributed by atoms with Crippen LogP contribution in [0.3, 0.4) is 0 Å². The SMILES string of the molecule is C=C1CCC=C(CO)CC[C@@H]2O[C@@]2(C)CCC(C(C)C)=C[C@@H]1O. The van der Waals surface area contributed by atoms with Gasteiger partial charge >= 0.3 is 0 Å². The van der Waals surface area contributed by atoms with Gasteiger partial charge in [-0.15, -0.1) is 0 Å². The second-order valence-corrected chi connectivity index (χ2v) is 7.52. The lowest BCUT2D eigenvalue weighted by Gasteiger charge is -2.18. The third-order valence-corrected chi connectivity index (χ3v) is 5.31. The van der Waals surface area contributed by atoms with Crippen LogP contribution in [0.5, 0.6) is 0 Å². The van der Waals surface area contributed by atoms with Gasteiger partial charge in [0, 0.05) is 0 Å². The molecule has 1 fully saturated rings. The van der Waals surface area contributed by atoms with E-state index < -0.39 is 6.10 Å². The van der Waals surface area contributed by atoms with Crippen molar-refractivity contribution in [1.29, 1.82) is 0 Å². The Labute approximate surface area is 140 Å². The van der Waals surface area contributed by atoms with Gasteiger partial charge < -0.3 is 14.9 Å². The Morgan fingerprint density at radius 1 is 1.35 bits per heavy atom. The van der Waals surface area contributed by atoms with E-state index in [4.69, 9.17) is 4.74 Å². The summed E-state index contributed by atoms with van der Waals surface area (Å²) in [7, 11) is 0. The molecule has 0 amide bonds. The summed E-state index contributed by atoms with van der Waals surface area (Å²) in [5, 5.41) is 19.9. The molecule has 2 aliphatic rings. The van der Waals surface area contributed by atoms with Gasteiger partial charge in [0.15, 0.2) is 0 Å². The molecule has 3 atom stereocenters. The molecule has 3 heteroatoms. The zero-order chi connectivity index (χ0) is 17.0. The zero-order valence-corrected chi connectivity index (χ0v) is 14.8. The van der Waals surface area contributed by atoms with Crippen LogP contribution in [0.1, 0.15) is 59.3 Å². The lowest BCUT2D eigenvalue weighted by Crippen LogP contribution is -2.14. The van der Waals surface area contributed by atoms with Crippen molar-refractivity contribution in [2.75, 3.05) is 6.61 Å². The molecule has 1 aliphatic heterocycles. The van der Waals surface area contributed by atoms with Gasteiger partial charge in [0.1, 0.15) is 0 Å². The highest BCUT2D eigenvalue weighted by atomic mass is 16.6. The van der Waals surface area contributed by atoms with Crippen molar-refractivity contribution in [2.24, 2.45) is 5.92 Å². The molecule has 0 aromatic heterocycles. The van der Waals surface area contributed by atoms with Crippen LogP contribution in [0, 0.1) is 5.92 Å². The van der Waals surface area contributed by atoms with E-state index in [0.717, 1.165) is 49.7 Å². The van der Waals surface area contributed by atoms with Crippen LogP contribution >= 0.6 is 0 Å². The summed E-state index contributed by atoms with van der Waals surface area (Å²) in [6.45, 7) is 10.7. The fourth-order valence-corrected chi connectivity index (χ4v) is 3.32. The maximum absolute atomic E-state index is 10.4. The smallest absolute Gasteiger partial charge is 0.0932 e. The first kappa shape index (κ1) is 18.4. The fraction of sp³-hybridized carbons (Fsp3) is 0.700. The van der Waals surface area contributed by atoms with Crippen LogP contribution in [0.2, 0.25) is 0 Å². The van der Waals surface area contributed by atoms with Crippen LogP contribution in [0.15, 0.2) is 35.5 Å². The van der Waals surface area contributed by atoms with E-state index in [9.17, 15) is 10.2 Å². The predicted octanol–water partition coefficient (Wildman–Crippen LogP) is 3.92. The number of fused-ring (bicyclic) bond motifs is 1. The van der Waals surface area contributed by atoms with E-state index in [1.807, 2.05) is 6.08 Å². The lowest BCUT2D eigenvalue weighted by molar-refractivity contribution is 0.252. The first-order valence-corrected chi connectivity index (χ1v) is 8.88. The van der Waals surface area contributed by atoms with Gasteiger partial charge in [0.25, 0.3) is 0 Å². The molecule has 2 N–H and O–H groups in total. The van der Waals surface area contributed by atoms with Crippen molar-refractivity contribution in [1.82, 2.24) is 0 Å². The van der Waals surface area contributed by atoms with E-state index >= 15 is 0 Å². The van der Waals surface area contributed by atoms with Gasteiger partial charge in [-0.25, -0.2) is 0 Å². The largest absolute Gasteiger partial charge is 0.392 e. The van der Waals surface area contributed by atoms with Gasteiger partial charge in [-0.1, -0.05) is 38.2 Å². The van der Waals surface area contributed by atoms with Crippen LogP contribution in [-0.4, -0.2) is 34.6 Å². The number of hydrogen-bond acceptors (Lipinski definition) is 3. The van der Waals surface area contributed by atoms with Crippen molar-refractivity contribution >= 4 is 0 Å². The normalized spacial score (nSPS) is 33.6. The van der Waals surface area contributed by atoms with Crippen molar-refractivity contribution < 1.29 is 14.9 Å². The molecule has 0 unspecified atom stereocenters. The van der Waals surface area contributed by atoms with E-state index in [-0.39, 0.29) is 12.2 Å². The monoisotopic (exact) mass is 320 g/mol. The maximum atomic E-state index is 10.4. The molecule has 0 spiro atoms. The minimum absolute atomic E-state index is 0.0410. The topological polar surface area (TPSA) is 53.0 Å². The maximum Gasteiger partial charge on any atom is 0.0932 e. The molecule has 0 radical (unpaired) electrons. The standard InChI is InChI=1S/C20H32O3/c1-14(2)17-10-11-20(4)19(23-20)9-8-16(13-21)7-5-6-15(3)18(22)12-17/h7,12,14,18-19,21-22H,3,5-6,8-11,13H2,1-2,4H3/t18-,19-,20-/m0/s1. The van der Waals surface area contributed by atoms with Gasteiger partial charge in [-0.3, -0.25) is 0 Å². The van der Waals surface area contributed by atoms with Crippen LogP contribution in [-0.2, 0) is 4.74 Å². The quantitative estimate of drug-likeness (QED) is 0.599. The summed E-state index contributed by atoms with van der Waals surface area (Å²) < 4.78 is 5.93. The number of aliphatic hydroxyl groups is 2. The molecule has 1 saturated heterocycles. The van der Waals surface area contributed by atoms with E-state index in [0.29, 0.717) is 12.0 Å². The van der Waals surface area contributed by atoms with Crippen molar-refractivity contribution in [3.63, 3.8) is 0 Å². The first-order valence-electron chi connectivity index (χ1n) is 8.88. The Morgan fingerprint density at radius 2 is 2.09 bits per heavy atom. The summed E-state index contributed by atoms with van der Waals surface area (Å²) in [5.74, 6) is 0.423. The third-order valence-electron chi connectivity index (χ3n) is 5.31. The van der Waals surface area contributed by atoms with E-state index in [2.05, 4.69) is 33.4 Å². The molecule has 3 nitrogen and oxygen atoms in total. The number of allylic oxidation sites excluding steroid dienone is 2. The van der Waals surface area contributed by atoms with Gasteiger partial charge in [0.2, 0.25) is 0 Å². The average Bonchev–Trinajstić information content (AvgIpc) is 3.16. The molecular weight excluding hydrogens is 288 g/mol. The van der Waals surface area contributed by atoms with Crippen molar-refractivity contribution in [3.05, 3.63) is 35.5 Å². The Bertz CT molecular complexity index is 489. The molecule has 0 saturated carbocycles. The highest BCUT2D eigenvalue weighted by molar-refractivity contribution is 5.19. The summed E-state index contributed by atoms with van der Waals surface area (Å²) >= 11 is 0. The molecule has 1 heterocycles. The van der Waals surface area contributed by atoms with E-state index in [1.54, 1.807) is 0 Å². The Morgan fingerprint density at radius 3 is 2.74 bits per heavy atom. The summed E-state index contributed by atoms with van der Waals surface area (Å²) in [4.78, 5) is 0. The van der Waals surface area contributed by atoms with E-state index in [1.165, 1.54) is 5.57 Å². The summed E-state index contributed by atoms with van der Waals surface area (Å²) in [5.41, 5.74) is 3.17. The van der Waals surface area contributed by atoms with Gasteiger partial charge in [0.05, 0.1) is 24.4 Å². The number of rotatable bonds is 2. The zero-order valence-electron chi connectivity index (χ0n) is 14.8. The highest BCUT2D eigenvalue weighted by Crippen LogP contribution is 2.44. The lowest BCUT2D eigenvalue weighted by atomic mass is 9.89. The molecule has 1 aliphatic carbocycles. The van der Waals surface area contributed by atoms with Crippen molar-refractivity contribution in [2.45, 2.75) is 77.1 Å². The summed E-state index contributed by atoms with van der Waals surface area (Å²) in [6, 6.07) is 0. The van der Waals surface area contributed by atoms with Gasteiger partial charge in [-0.05, 0) is 62.5 Å². The predicted molar refractivity (Wildman–Crippen MR) is 94.2 cm³/mol. The molecular formula is C20H32O3. The molecule has 0 bridgehead atoms.